The Labute approximate surface area is 76.2 Å². The van der Waals surface area contributed by atoms with Crippen molar-refractivity contribution in [1.82, 2.24) is 0 Å². The molecule has 0 saturated carbocycles. The van der Waals surface area contributed by atoms with Crippen molar-refractivity contribution in [3.05, 3.63) is 29.3 Å². The third kappa shape index (κ3) is 1.85. The average molecular weight is 175 g/mol. The second-order valence-electron chi connectivity index (χ2n) is 2.62. The van der Waals surface area contributed by atoms with Gasteiger partial charge in [-0.15, -0.1) is 0 Å². The molecule has 13 heavy (non-hydrogen) atoms. The van der Waals surface area contributed by atoms with Gasteiger partial charge >= 0.3 is 0 Å². The lowest BCUT2D eigenvalue weighted by Gasteiger charge is -2.01. The highest BCUT2D eigenvalue weighted by atomic mass is 16.3. The van der Waals surface area contributed by atoms with Crippen LogP contribution in [0.5, 0.6) is 5.75 Å². The van der Waals surface area contributed by atoms with Crippen LogP contribution in [0.15, 0.2) is 18.2 Å². The Morgan fingerprint density at radius 2 is 2.31 bits per heavy atom. The van der Waals surface area contributed by atoms with Crippen molar-refractivity contribution in [2.75, 3.05) is 0 Å². The topological polar surface area (TPSA) is 61.1 Å². The molecule has 3 heteroatoms. The highest BCUT2D eigenvalue weighted by Gasteiger charge is 2.09. The zero-order chi connectivity index (χ0) is 9.84. The van der Waals surface area contributed by atoms with Crippen LogP contribution < -0.4 is 0 Å². The summed E-state index contributed by atoms with van der Waals surface area (Å²) < 4.78 is 0. The van der Waals surface area contributed by atoms with E-state index in [9.17, 15) is 9.90 Å². The van der Waals surface area contributed by atoms with Gasteiger partial charge in [-0.2, -0.15) is 5.26 Å². The highest BCUT2D eigenvalue weighted by Crippen LogP contribution is 2.19. The summed E-state index contributed by atoms with van der Waals surface area (Å²) in [6.45, 7) is 1.71. The number of benzene rings is 1. The summed E-state index contributed by atoms with van der Waals surface area (Å²) in [4.78, 5) is 11.2. The molecule has 0 heterocycles. The van der Waals surface area contributed by atoms with Crippen LogP contribution in [0, 0.1) is 11.3 Å². The molecule has 0 atom stereocenters. The Morgan fingerprint density at radius 1 is 1.62 bits per heavy atom. The van der Waals surface area contributed by atoms with Crippen LogP contribution >= 0.6 is 0 Å². The molecule has 0 spiro atoms. The van der Waals surface area contributed by atoms with Crippen molar-refractivity contribution in [3.63, 3.8) is 0 Å². The van der Waals surface area contributed by atoms with Gasteiger partial charge < -0.3 is 5.11 Å². The molecule has 0 fully saturated rings. The maximum absolute atomic E-state index is 11.2. The summed E-state index contributed by atoms with van der Waals surface area (Å²) in [5.41, 5.74) is 0.608. The van der Waals surface area contributed by atoms with E-state index < -0.39 is 0 Å². The SMILES string of the molecule is CCC(=O)c1cc(C#N)ccc1O. The molecular formula is C10H9NO2. The van der Waals surface area contributed by atoms with Gasteiger partial charge in [0.25, 0.3) is 0 Å². The highest BCUT2D eigenvalue weighted by molar-refractivity contribution is 5.98. The molecule has 1 rings (SSSR count). The Hall–Kier alpha value is -1.82. The van der Waals surface area contributed by atoms with Crippen LogP contribution in [0.4, 0.5) is 0 Å². The Kier molecular flexibility index (Phi) is 2.65. The Bertz CT molecular complexity index is 377. The van der Waals surface area contributed by atoms with E-state index in [2.05, 4.69) is 0 Å². The molecule has 1 aromatic rings. The van der Waals surface area contributed by atoms with Crippen molar-refractivity contribution in [1.29, 1.82) is 5.26 Å². The molecule has 0 bridgehead atoms. The number of hydrogen-bond donors (Lipinski definition) is 1. The lowest BCUT2D eigenvalue weighted by molar-refractivity contribution is 0.0985. The average Bonchev–Trinajstić information content (AvgIpc) is 2.17. The van der Waals surface area contributed by atoms with Crippen LogP contribution in [0.1, 0.15) is 29.3 Å². The normalized spacial score (nSPS) is 9.23. The van der Waals surface area contributed by atoms with Crippen LogP contribution in [0.2, 0.25) is 0 Å². The number of Topliss-reactive ketones (excluding diaryl/α,β-unsaturated/α-hetero) is 1. The van der Waals surface area contributed by atoms with Gasteiger partial charge in [0, 0.05) is 6.42 Å². The summed E-state index contributed by atoms with van der Waals surface area (Å²) in [5, 5.41) is 17.9. The van der Waals surface area contributed by atoms with E-state index >= 15 is 0 Å². The predicted octanol–water partition coefficient (Wildman–Crippen LogP) is 1.86. The molecule has 66 valence electrons. The zero-order valence-corrected chi connectivity index (χ0v) is 7.24. The Morgan fingerprint density at radius 3 is 2.85 bits per heavy atom. The number of phenols is 1. The lowest BCUT2D eigenvalue weighted by atomic mass is 10.1. The molecule has 0 aliphatic carbocycles. The molecule has 0 radical (unpaired) electrons. The van der Waals surface area contributed by atoms with E-state index in [1.807, 2.05) is 6.07 Å². The molecule has 0 amide bonds. The smallest absolute Gasteiger partial charge is 0.166 e. The number of rotatable bonds is 2. The first-order valence-corrected chi connectivity index (χ1v) is 3.95. The van der Waals surface area contributed by atoms with Gasteiger partial charge in [0.05, 0.1) is 17.2 Å². The first-order valence-electron chi connectivity index (χ1n) is 3.95. The summed E-state index contributed by atoms with van der Waals surface area (Å²) in [5.74, 6) is -0.222. The van der Waals surface area contributed by atoms with Gasteiger partial charge in [0.15, 0.2) is 5.78 Å². The van der Waals surface area contributed by atoms with E-state index in [0.717, 1.165) is 0 Å². The summed E-state index contributed by atoms with van der Waals surface area (Å²) in [6.07, 6.45) is 0.322. The fourth-order valence-electron chi connectivity index (χ4n) is 1.02. The van der Waals surface area contributed by atoms with Gasteiger partial charge in [-0.1, -0.05) is 6.92 Å². The largest absolute Gasteiger partial charge is 0.507 e. The predicted molar refractivity (Wildman–Crippen MR) is 47.4 cm³/mol. The molecular weight excluding hydrogens is 166 g/mol. The zero-order valence-electron chi connectivity index (χ0n) is 7.24. The van der Waals surface area contributed by atoms with Crippen LogP contribution in [-0.2, 0) is 0 Å². The van der Waals surface area contributed by atoms with E-state index in [0.29, 0.717) is 12.0 Å². The third-order valence-electron chi connectivity index (χ3n) is 1.75. The summed E-state index contributed by atoms with van der Waals surface area (Å²) in [7, 11) is 0. The number of hydrogen-bond acceptors (Lipinski definition) is 3. The van der Waals surface area contributed by atoms with Crippen molar-refractivity contribution >= 4 is 5.78 Å². The number of phenolic OH excluding ortho intramolecular Hbond substituents is 1. The fourth-order valence-corrected chi connectivity index (χ4v) is 1.02. The first-order chi connectivity index (χ1) is 6.19. The van der Waals surface area contributed by atoms with Crippen LogP contribution in [0.3, 0.4) is 0 Å². The standard InChI is InChI=1S/C10H9NO2/c1-2-9(12)8-5-7(6-11)3-4-10(8)13/h3-5,13H,2H2,1H3. The number of carbonyl (C=O) groups excluding carboxylic acids is 1. The van der Waals surface area contributed by atoms with E-state index in [-0.39, 0.29) is 17.1 Å². The molecule has 0 aromatic heterocycles. The minimum atomic E-state index is -0.158. The lowest BCUT2D eigenvalue weighted by Crippen LogP contribution is -1.97. The van der Waals surface area contributed by atoms with Gasteiger partial charge in [0.2, 0.25) is 0 Å². The monoisotopic (exact) mass is 175 g/mol. The number of nitrogens with zero attached hydrogens (tertiary/aromatic N) is 1. The minimum Gasteiger partial charge on any atom is -0.507 e. The van der Waals surface area contributed by atoms with Gasteiger partial charge in [0.1, 0.15) is 5.75 Å². The summed E-state index contributed by atoms with van der Waals surface area (Å²) >= 11 is 0. The van der Waals surface area contributed by atoms with Crippen molar-refractivity contribution in [2.24, 2.45) is 0 Å². The van der Waals surface area contributed by atoms with Crippen molar-refractivity contribution < 1.29 is 9.90 Å². The van der Waals surface area contributed by atoms with E-state index in [1.165, 1.54) is 18.2 Å². The van der Waals surface area contributed by atoms with E-state index in [4.69, 9.17) is 5.26 Å². The van der Waals surface area contributed by atoms with Gasteiger partial charge in [-0.05, 0) is 18.2 Å². The Balaban J connectivity index is 3.20. The van der Waals surface area contributed by atoms with Crippen LogP contribution in [-0.4, -0.2) is 10.9 Å². The second kappa shape index (κ2) is 3.72. The number of ketones is 1. The maximum atomic E-state index is 11.2. The molecule has 0 saturated heterocycles. The maximum Gasteiger partial charge on any atom is 0.166 e. The quantitative estimate of drug-likeness (QED) is 0.698. The van der Waals surface area contributed by atoms with E-state index in [1.54, 1.807) is 6.92 Å². The molecule has 1 N–H and O–H groups in total. The number of carbonyl (C=O) groups is 1. The molecule has 0 aliphatic rings. The van der Waals surface area contributed by atoms with Crippen molar-refractivity contribution in [2.45, 2.75) is 13.3 Å². The van der Waals surface area contributed by atoms with Crippen molar-refractivity contribution in [3.8, 4) is 11.8 Å². The molecule has 1 aromatic carbocycles. The molecule has 0 aliphatic heterocycles. The van der Waals surface area contributed by atoms with Gasteiger partial charge in [-0.25, -0.2) is 0 Å². The van der Waals surface area contributed by atoms with Gasteiger partial charge in [-0.3, -0.25) is 4.79 Å². The third-order valence-corrected chi connectivity index (χ3v) is 1.75. The van der Waals surface area contributed by atoms with Crippen LogP contribution in [0.25, 0.3) is 0 Å². The fraction of sp³-hybridized carbons (Fsp3) is 0.200. The summed E-state index contributed by atoms with van der Waals surface area (Å²) in [6, 6.07) is 6.15. The minimum absolute atomic E-state index is 0.0640. The second-order valence-corrected chi connectivity index (χ2v) is 2.62. The number of aromatic hydroxyl groups is 1. The molecule has 3 nitrogen and oxygen atoms in total. The number of nitriles is 1. The molecule has 0 unspecified atom stereocenters. The first kappa shape index (κ1) is 9.27.